The number of hydrogen-bond donors (Lipinski definition) is 3. The van der Waals surface area contributed by atoms with Gasteiger partial charge in [0.15, 0.2) is 22.1 Å². The number of nitrogens with one attached hydrogen (secondary N) is 3. The van der Waals surface area contributed by atoms with E-state index in [0.717, 1.165) is 25.0 Å². The zero-order chi connectivity index (χ0) is 30.3. The van der Waals surface area contributed by atoms with Crippen LogP contribution in [0.5, 0.6) is 17.2 Å². The number of halogens is 2. The number of aromatic amines is 1. The standard InChI is InChI=1S/C28H32F2N6O6S/c1-39-22-11-17-21(12-19(22)31-26-13-18(32-33-26)15-6-7-15)42-34-28(17)35-43(37,38)27-23(40-2)9-16(10-24(27)41-3)20-5-4-8-36(20)14-25(29)30/h9-13,15,20,25H,4-8,14H2,1-3H3,(H,34,35)(H2,31,32,33)/t20-/m0/s1. The second kappa shape index (κ2) is 11.5. The average Bonchev–Trinajstić information content (AvgIpc) is 3.36. The number of alkyl halides is 2. The lowest BCUT2D eigenvalue weighted by molar-refractivity contribution is 0.0821. The Kier molecular flexibility index (Phi) is 7.77. The molecule has 2 aliphatic rings. The fourth-order valence-electron chi connectivity index (χ4n) is 5.58. The molecule has 2 fully saturated rings. The van der Waals surface area contributed by atoms with Gasteiger partial charge in [-0.1, -0.05) is 5.16 Å². The van der Waals surface area contributed by atoms with Gasteiger partial charge in [-0.2, -0.15) is 5.10 Å². The molecule has 6 rings (SSSR count). The van der Waals surface area contributed by atoms with Crippen LogP contribution >= 0.6 is 0 Å². The van der Waals surface area contributed by atoms with Gasteiger partial charge in [0.2, 0.25) is 0 Å². The number of aromatic nitrogens is 3. The van der Waals surface area contributed by atoms with Gasteiger partial charge in [0.1, 0.15) is 17.2 Å². The maximum absolute atomic E-state index is 13.8. The van der Waals surface area contributed by atoms with Crippen LogP contribution in [-0.4, -0.2) is 69.5 Å². The molecule has 1 aliphatic carbocycles. The summed E-state index contributed by atoms with van der Waals surface area (Å²) in [7, 11) is -0.175. The van der Waals surface area contributed by atoms with Crippen molar-refractivity contribution in [2.24, 2.45) is 0 Å². The van der Waals surface area contributed by atoms with Gasteiger partial charge in [-0.3, -0.25) is 14.7 Å². The summed E-state index contributed by atoms with van der Waals surface area (Å²) in [6, 6.07) is 7.98. The molecule has 0 amide bonds. The Morgan fingerprint density at radius 3 is 2.42 bits per heavy atom. The fraction of sp³-hybridized carbons (Fsp3) is 0.429. The molecule has 1 atom stereocenters. The third-order valence-corrected chi connectivity index (χ3v) is 9.18. The van der Waals surface area contributed by atoms with Gasteiger partial charge in [-0.15, -0.1) is 0 Å². The number of rotatable bonds is 12. The van der Waals surface area contributed by atoms with Crippen molar-refractivity contribution >= 4 is 38.3 Å². The Hall–Kier alpha value is -4.11. The molecule has 3 heterocycles. The minimum Gasteiger partial charge on any atom is -0.495 e. The number of H-pyrrole nitrogens is 1. The van der Waals surface area contributed by atoms with Gasteiger partial charge in [-0.05, 0) is 56.0 Å². The molecular formula is C28H32F2N6O6S. The molecule has 1 saturated heterocycles. The van der Waals surface area contributed by atoms with Crippen molar-refractivity contribution in [3.63, 3.8) is 0 Å². The Morgan fingerprint density at radius 2 is 1.77 bits per heavy atom. The van der Waals surface area contributed by atoms with Crippen LogP contribution in [0.15, 0.2) is 39.8 Å². The lowest BCUT2D eigenvalue weighted by Crippen LogP contribution is -2.28. The Bertz CT molecular complexity index is 1710. The number of hydrogen-bond acceptors (Lipinski definition) is 10. The maximum atomic E-state index is 13.8. The molecule has 1 aliphatic heterocycles. The molecule has 3 N–H and O–H groups in total. The molecule has 15 heteroatoms. The van der Waals surface area contributed by atoms with Crippen molar-refractivity contribution in [1.29, 1.82) is 0 Å². The number of benzene rings is 2. The van der Waals surface area contributed by atoms with Crippen LogP contribution in [0.3, 0.4) is 0 Å². The molecule has 1 saturated carbocycles. The Morgan fingerprint density at radius 1 is 1.05 bits per heavy atom. The summed E-state index contributed by atoms with van der Waals surface area (Å²) < 4.78 is 78.3. The number of sulfonamides is 1. The smallest absolute Gasteiger partial charge is 0.270 e. The first-order valence-corrected chi connectivity index (χ1v) is 15.3. The predicted molar refractivity (Wildman–Crippen MR) is 154 cm³/mol. The van der Waals surface area contributed by atoms with Crippen molar-refractivity contribution in [1.82, 2.24) is 20.3 Å². The van der Waals surface area contributed by atoms with Crippen molar-refractivity contribution in [2.45, 2.75) is 49.0 Å². The number of nitrogens with zero attached hydrogens (tertiary/aromatic N) is 3. The van der Waals surface area contributed by atoms with Gasteiger partial charge < -0.3 is 24.1 Å². The van der Waals surface area contributed by atoms with Crippen molar-refractivity contribution in [2.75, 3.05) is 44.5 Å². The largest absolute Gasteiger partial charge is 0.495 e. The molecule has 230 valence electrons. The van der Waals surface area contributed by atoms with E-state index in [1.807, 2.05) is 6.07 Å². The first-order chi connectivity index (χ1) is 20.7. The topological polar surface area (TPSA) is 144 Å². The van der Waals surface area contributed by atoms with Crippen LogP contribution in [0.1, 0.15) is 48.9 Å². The molecule has 4 aromatic rings. The third-order valence-electron chi connectivity index (χ3n) is 7.77. The van der Waals surface area contributed by atoms with Crippen molar-refractivity contribution in [3.05, 3.63) is 41.6 Å². The second-order valence-electron chi connectivity index (χ2n) is 10.6. The highest BCUT2D eigenvalue weighted by molar-refractivity contribution is 7.93. The van der Waals surface area contributed by atoms with Gasteiger partial charge in [0.25, 0.3) is 16.4 Å². The predicted octanol–water partition coefficient (Wildman–Crippen LogP) is 5.40. The van der Waals surface area contributed by atoms with Crippen LogP contribution in [0.4, 0.5) is 26.1 Å². The van der Waals surface area contributed by atoms with E-state index in [9.17, 15) is 17.2 Å². The maximum Gasteiger partial charge on any atom is 0.270 e. The second-order valence-corrected chi connectivity index (χ2v) is 12.2. The molecule has 0 unspecified atom stereocenters. The first-order valence-electron chi connectivity index (χ1n) is 13.8. The molecule has 0 radical (unpaired) electrons. The van der Waals surface area contributed by atoms with E-state index in [2.05, 4.69) is 25.4 Å². The molecule has 0 bridgehead atoms. The molecule has 12 nitrogen and oxygen atoms in total. The van der Waals surface area contributed by atoms with E-state index >= 15 is 0 Å². The van der Waals surface area contributed by atoms with Crippen LogP contribution in [0, 0.1) is 0 Å². The normalized spacial score (nSPS) is 17.5. The van der Waals surface area contributed by atoms with Crippen LogP contribution in [0.25, 0.3) is 11.0 Å². The summed E-state index contributed by atoms with van der Waals surface area (Å²) in [5, 5.41) is 14.9. The van der Waals surface area contributed by atoms with E-state index in [1.54, 1.807) is 29.2 Å². The Balaban J connectivity index is 1.30. The van der Waals surface area contributed by atoms with Crippen LogP contribution in [-0.2, 0) is 10.0 Å². The SMILES string of the molecule is COc1cc2c(NS(=O)(=O)c3c(OC)cc([C@@H]4CCCN4CC(F)F)cc3OC)noc2cc1Nc1cc(C2CC2)[nH]n1. The molecule has 2 aromatic carbocycles. The van der Waals surface area contributed by atoms with Crippen molar-refractivity contribution < 1.29 is 35.9 Å². The molecule has 43 heavy (non-hydrogen) atoms. The number of fused-ring (bicyclic) bond motifs is 1. The van der Waals surface area contributed by atoms with E-state index in [0.29, 0.717) is 52.7 Å². The lowest BCUT2D eigenvalue weighted by Gasteiger charge is -2.26. The van der Waals surface area contributed by atoms with Gasteiger partial charge >= 0.3 is 0 Å². The highest BCUT2D eigenvalue weighted by atomic mass is 32.2. The van der Waals surface area contributed by atoms with Crippen LogP contribution in [0.2, 0.25) is 0 Å². The van der Waals surface area contributed by atoms with Gasteiger partial charge in [0.05, 0.1) is 38.9 Å². The average molecular weight is 619 g/mol. The number of ether oxygens (including phenoxy) is 3. The highest BCUT2D eigenvalue weighted by Crippen LogP contribution is 2.43. The van der Waals surface area contributed by atoms with Gasteiger partial charge in [0, 0.05) is 29.8 Å². The summed E-state index contributed by atoms with van der Waals surface area (Å²) in [5.74, 6) is 1.48. The molecular weight excluding hydrogens is 586 g/mol. The zero-order valence-corrected chi connectivity index (χ0v) is 24.6. The van der Waals surface area contributed by atoms with Crippen molar-refractivity contribution in [3.8, 4) is 17.2 Å². The summed E-state index contributed by atoms with van der Waals surface area (Å²) in [5.41, 5.74) is 2.55. The lowest BCUT2D eigenvalue weighted by atomic mass is 10.0. The fourth-order valence-corrected chi connectivity index (χ4v) is 6.90. The molecule has 2 aromatic heterocycles. The van der Waals surface area contributed by atoms with E-state index < -0.39 is 16.4 Å². The summed E-state index contributed by atoms with van der Waals surface area (Å²) in [6.45, 7) is 0.143. The number of likely N-dealkylation sites (tertiary alicyclic amines) is 1. The summed E-state index contributed by atoms with van der Waals surface area (Å²) >= 11 is 0. The quantitative estimate of drug-likeness (QED) is 0.189. The van der Waals surface area contributed by atoms with Gasteiger partial charge in [-0.25, -0.2) is 17.2 Å². The minimum atomic E-state index is -4.34. The number of methoxy groups -OCH3 is 3. The Labute approximate surface area is 246 Å². The number of anilines is 3. The highest BCUT2D eigenvalue weighted by Gasteiger charge is 2.33. The van der Waals surface area contributed by atoms with E-state index in [-0.39, 0.29) is 34.8 Å². The zero-order valence-electron chi connectivity index (χ0n) is 23.8. The van der Waals surface area contributed by atoms with E-state index in [4.69, 9.17) is 18.7 Å². The third kappa shape index (κ3) is 5.78. The molecule has 0 spiro atoms. The summed E-state index contributed by atoms with van der Waals surface area (Å²) in [6.07, 6.45) is 1.18. The first kappa shape index (κ1) is 29.0. The van der Waals surface area contributed by atoms with Crippen LogP contribution < -0.4 is 24.2 Å². The van der Waals surface area contributed by atoms with E-state index in [1.165, 1.54) is 21.3 Å². The summed E-state index contributed by atoms with van der Waals surface area (Å²) in [4.78, 5) is 1.42. The monoisotopic (exact) mass is 618 g/mol. The minimum absolute atomic E-state index is 0.00665.